The fourth-order valence-corrected chi connectivity index (χ4v) is 2.74. The Hall–Kier alpha value is -0.190. The summed E-state index contributed by atoms with van der Waals surface area (Å²) >= 11 is 5.27. The number of thioether (sulfide) groups is 1. The van der Waals surface area contributed by atoms with Crippen LogP contribution in [0.5, 0.6) is 0 Å². The Labute approximate surface area is 111 Å². The second kappa shape index (κ2) is 7.20. The molecular formula is C12H19BrN2S. The SMILES string of the molecule is CC(C)NCCCSc1cc(Br)ccc1N. The minimum absolute atomic E-state index is 0.570. The van der Waals surface area contributed by atoms with Crippen LogP contribution in [-0.4, -0.2) is 18.3 Å². The maximum Gasteiger partial charge on any atom is 0.0453 e. The number of halogens is 1. The van der Waals surface area contributed by atoms with Gasteiger partial charge in [-0.2, -0.15) is 0 Å². The van der Waals surface area contributed by atoms with Crippen molar-refractivity contribution in [1.82, 2.24) is 5.32 Å². The number of hydrogen-bond acceptors (Lipinski definition) is 3. The van der Waals surface area contributed by atoms with Crippen molar-refractivity contribution in [2.75, 3.05) is 18.0 Å². The molecule has 0 aromatic heterocycles. The fraction of sp³-hybridized carbons (Fsp3) is 0.500. The summed E-state index contributed by atoms with van der Waals surface area (Å²) in [6.45, 7) is 5.40. The molecule has 3 N–H and O–H groups in total. The lowest BCUT2D eigenvalue weighted by Gasteiger charge is -2.08. The van der Waals surface area contributed by atoms with Gasteiger partial charge in [0.25, 0.3) is 0 Å². The normalized spacial score (nSPS) is 11.0. The van der Waals surface area contributed by atoms with E-state index in [1.165, 1.54) is 4.90 Å². The predicted octanol–water partition coefficient (Wildman–Crippen LogP) is 3.51. The molecule has 1 aromatic rings. The van der Waals surface area contributed by atoms with Crippen LogP contribution in [0.25, 0.3) is 0 Å². The van der Waals surface area contributed by atoms with Gasteiger partial charge in [0.2, 0.25) is 0 Å². The number of nitrogens with two attached hydrogens (primary N) is 1. The molecule has 0 fully saturated rings. The Morgan fingerprint density at radius 2 is 2.19 bits per heavy atom. The van der Waals surface area contributed by atoms with Crippen molar-refractivity contribution in [3.63, 3.8) is 0 Å². The first kappa shape index (κ1) is 13.9. The lowest BCUT2D eigenvalue weighted by molar-refractivity contribution is 0.586. The molecule has 0 heterocycles. The Morgan fingerprint density at radius 3 is 2.88 bits per heavy atom. The summed E-state index contributed by atoms with van der Waals surface area (Å²) in [6.07, 6.45) is 1.16. The van der Waals surface area contributed by atoms with Crippen LogP contribution in [0.15, 0.2) is 27.6 Å². The molecule has 0 bridgehead atoms. The zero-order valence-corrected chi connectivity index (χ0v) is 12.2. The van der Waals surface area contributed by atoms with E-state index in [9.17, 15) is 0 Å². The molecular weight excluding hydrogens is 284 g/mol. The molecule has 4 heteroatoms. The van der Waals surface area contributed by atoms with E-state index >= 15 is 0 Å². The average Bonchev–Trinajstić information content (AvgIpc) is 2.22. The molecule has 2 nitrogen and oxygen atoms in total. The van der Waals surface area contributed by atoms with Gasteiger partial charge in [-0.15, -0.1) is 11.8 Å². The van der Waals surface area contributed by atoms with Crippen molar-refractivity contribution in [3.05, 3.63) is 22.7 Å². The summed E-state index contributed by atoms with van der Waals surface area (Å²) in [5.74, 6) is 1.10. The Morgan fingerprint density at radius 1 is 1.44 bits per heavy atom. The van der Waals surface area contributed by atoms with E-state index in [0.29, 0.717) is 6.04 Å². The zero-order valence-electron chi connectivity index (χ0n) is 9.79. The van der Waals surface area contributed by atoms with Gasteiger partial charge in [-0.25, -0.2) is 0 Å². The number of nitrogen functional groups attached to an aromatic ring is 1. The van der Waals surface area contributed by atoms with Gasteiger partial charge < -0.3 is 11.1 Å². The van der Waals surface area contributed by atoms with E-state index in [4.69, 9.17) is 5.73 Å². The fourth-order valence-electron chi connectivity index (χ4n) is 1.28. The molecule has 0 saturated heterocycles. The maximum atomic E-state index is 5.90. The maximum absolute atomic E-state index is 5.90. The van der Waals surface area contributed by atoms with Crippen molar-refractivity contribution < 1.29 is 0 Å². The van der Waals surface area contributed by atoms with Crippen LogP contribution in [0.1, 0.15) is 20.3 Å². The van der Waals surface area contributed by atoms with Crippen LogP contribution in [0.3, 0.4) is 0 Å². The lowest BCUT2D eigenvalue weighted by Crippen LogP contribution is -2.23. The molecule has 0 aliphatic heterocycles. The molecule has 0 spiro atoms. The minimum Gasteiger partial charge on any atom is -0.398 e. The van der Waals surface area contributed by atoms with Crippen molar-refractivity contribution in [1.29, 1.82) is 0 Å². The molecule has 0 amide bonds. The topological polar surface area (TPSA) is 38.0 Å². The number of nitrogens with one attached hydrogen (secondary N) is 1. The summed E-state index contributed by atoms with van der Waals surface area (Å²) in [4.78, 5) is 1.17. The molecule has 0 radical (unpaired) electrons. The molecule has 90 valence electrons. The van der Waals surface area contributed by atoms with Crippen LogP contribution in [0.4, 0.5) is 5.69 Å². The summed E-state index contributed by atoms with van der Waals surface area (Å²) < 4.78 is 1.09. The van der Waals surface area contributed by atoms with Gasteiger partial charge in [0.05, 0.1) is 0 Å². The van der Waals surface area contributed by atoms with Crippen molar-refractivity contribution >= 4 is 33.4 Å². The molecule has 0 aliphatic carbocycles. The van der Waals surface area contributed by atoms with Crippen LogP contribution in [-0.2, 0) is 0 Å². The average molecular weight is 303 g/mol. The first-order valence-corrected chi connectivity index (χ1v) is 7.28. The summed E-state index contributed by atoms with van der Waals surface area (Å²) in [5.41, 5.74) is 6.76. The highest BCUT2D eigenvalue weighted by Gasteiger charge is 2.00. The Balaban J connectivity index is 2.29. The largest absolute Gasteiger partial charge is 0.398 e. The van der Waals surface area contributed by atoms with Gasteiger partial charge in [-0.05, 0) is 36.9 Å². The molecule has 1 aromatic carbocycles. The summed E-state index contributed by atoms with van der Waals surface area (Å²) in [6, 6.07) is 6.56. The van der Waals surface area contributed by atoms with E-state index in [1.807, 2.05) is 23.9 Å². The number of rotatable bonds is 6. The quantitative estimate of drug-likeness (QED) is 0.480. The zero-order chi connectivity index (χ0) is 12.0. The van der Waals surface area contributed by atoms with Crippen LogP contribution >= 0.6 is 27.7 Å². The summed E-state index contributed by atoms with van der Waals surface area (Å²) in [5, 5.41) is 3.40. The number of anilines is 1. The van der Waals surface area contributed by atoms with E-state index in [0.717, 1.165) is 28.9 Å². The third kappa shape index (κ3) is 5.23. The number of benzene rings is 1. The van der Waals surface area contributed by atoms with E-state index in [-0.39, 0.29) is 0 Å². The second-order valence-electron chi connectivity index (χ2n) is 3.99. The van der Waals surface area contributed by atoms with Gasteiger partial charge in [0.15, 0.2) is 0 Å². The molecule has 16 heavy (non-hydrogen) atoms. The van der Waals surface area contributed by atoms with Crippen molar-refractivity contribution in [3.8, 4) is 0 Å². The first-order chi connectivity index (χ1) is 7.59. The lowest BCUT2D eigenvalue weighted by atomic mass is 10.3. The van der Waals surface area contributed by atoms with Gasteiger partial charge in [-0.1, -0.05) is 29.8 Å². The monoisotopic (exact) mass is 302 g/mol. The van der Waals surface area contributed by atoms with E-state index in [1.54, 1.807) is 0 Å². The first-order valence-electron chi connectivity index (χ1n) is 5.51. The van der Waals surface area contributed by atoms with Gasteiger partial charge >= 0.3 is 0 Å². The van der Waals surface area contributed by atoms with Crippen LogP contribution < -0.4 is 11.1 Å². The van der Waals surface area contributed by atoms with Crippen molar-refractivity contribution in [2.24, 2.45) is 0 Å². The molecule has 0 unspecified atom stereocenters. The third-order valence-electron chi connectivity index (χ3n) is 2.11. The standard InChI is InChI=1S/C12H19BrN2S/c1-9(2)15-6-3-7-16-12-8-10(13)4-5-11(12)14/h4-5,8-9,15H,3,6-7,14H2,1-2H3. The highest BCUT2D eigenvalue weighted by molar-refractivity contribution is 9.10. The van der Waals surface area contributed by atoms with Gasteiger partial charge in [-0.3, -0.25) is 0 Å². The van der Waals surface area contributed by atoms with Gasteiger partial charge in [0, 0.05) is 21.1 Å². The van der Waals surface area contributed by atoms with E-state index in [2.05, 4.69) is 41.2 Å². The minimum atomic E-state index is 0.570. The van der Waals surface area contributed by atoms with Gasteiger partial charge in [0.1, 0.15) is 0 Å². The second-order valence-corrected chi connectivity index (χ2v) is 6.05. The molecule has 1 rings (SSSR count). The summed E-state index contributed by atoms with van der Waals surface area (Å²) in [7, 11) is 0. The molecule has 0 saturated carbocycles. The van der Waals surface area contributed by atoms with Crippen LogP contribution in [0, 0.1) is 0 Å². The smallest absolute Gasteiger partial charge is 0.0453 e. The Kier molecular flexibility index (Phi) is 6.24. The van der Waals surface area contributed by atoms with Crippen LogP contribution in [0.2, 0.25) is 0 Å². The molecule has 0 atom stereocenters. The molecule has 0 aliphatic rings. The van der Waals surface area contributed by atoms with E-state index < -0.39 is 0 Å². The third-order valence-corrected chi connectivity index (χ3v) is 3.76. The number of hydrogen-bond donors (Lipinski definition) is 2. The predicted molar refractivity (Wildman–Crippen MR) is 77.0 cm³/mol. The highest BCUT2D eigenvalue weighted by atomic mass is 79.9. The van der Waals surface area contributed by atoms with Crippen molar-refractivity contribution in [2.45, 2.75) is 31.2 Å². The highest BCUT2D eigenvalue weighted by Crippen LogP contribution is 2.28. The Bertz CT molecular complexity index is 329.